The van der Waals surface area contributed by atoms with Crippen LogP contribution in [0.25, 0.3) is 10.8 Å². The molecule has 1 aromatic heterocycles. The molecule has 0 atom stereocenters. The standard InChI is InChI=1S/C16H21N3/c1-2-9-17-11-14-10-12-5-3-4-6-15(12)16(19-14)18-13-7-8-13/h3-6,10,13,17H,2,7-9,11H2,1H3,(H,18,19). The van der Waals surface area contributed by atoms with E-state index in [4.69, 9.17) is 4.98 Å². The van der Waals surface area contributed by atoms with E-state index in [2.05, 4.69) is 47.9 Å². The molecule has 3 rings (SSSR count). The van der Waals surface area contributed by atoms with E-state index in [1.807, 2.05) is 0 Å². The average molecular weight is 255 g/mol. The second-order valence-electron chi connectivity index (χ2n) is 5.28. The third-order valence-electron chi connectivity index (χ3n) is 3.44. The number of fused-ring (bicyclic) bond motifs is 1. The quantitative estimate of drug-likeness (QED) is 0.778. The van der Waals surface area contributed by atoms with Crippen LogP contribution in [0.4, 0.5) is 5.82 Å². The summed E-state index contributed by atoms with van der Waals surface area (Å²) in [6.07, 6.45) is 3.70. The highest BCUT2D eigenvalue weighted by molar-refractivity contribution is 5.92. The van der Waals surface area contributed by atoms with Gasteiger partial charge in [0.25, 0.3) is 0 Å². The molecule has 0 spiro atoms. The second kappa shape index (κ2) is 5.57. The highest BCUT2D eigenvalue weighted by Gasteiger charge is 2.22. The SMILES string of the molecule is CCCNCc1cc2ccccc2c(NC2CC2)n1. The third-order valence-corrected chi connectivity index (χ3v) is 3.44. The lowest BCUT2D eigenvalue weighted by atomic mass is 10.1. The van der Waals surface area contributed by atoms with Gasteiger partial charge in [0.15, 0.2) is 0 Å². The fourth-order valence-electron chi connectivity index (χ4n) is 2.27. The van der Waals surface area contributed by atoms with Crippen LogP contribution in [0.2, 0.25) is 0 Å². The van der Waals surface area contributed by atoms with Gasteiger partial charge in [0.1, 0.15) is 5.82 Å². The van der Waals surface area contributed by atoms with Crippen LogP contribution >= 0.6 is 0 Å². The summed E-state index contributed by atoms with van der Waals surface area (Å²) in [4.78, 5) is 4.78. The lowest BCUT2D eigenvalue weighted by molar-refractivity contribution is 0.665. The van der Waals surface area contributed by atoms with Crippen molar-refractivity contribution in [2.45, 2.75) is 38.8 Å². The van der Waals surface area contributed by atoms with Crippen molar-refractivity contribution in [3.05, 3.63) is 36.0 Å². The Balaban J connectivity index is 1.89. The molecule has 100 valence electrons. The summed E-state index contributed by atoms with van der Waals surface area (Å²) in [7, 11) is 0. The van der Waals surface area contributed by atoms with Gasteiger partial charge in [-0.05, 0) is 37.3 Å². The van der Waals surface area contributed by atoms with Gasteiger partial charge < -0.3 is 10.6 Å². The monoisotopic (exact) mass is 255 g/mol. The molecule has 1 aliphatic rings. The van der Waals surface area contributed by atoms with Crippen molar-refractivity contribution in [1.82, 2.24) is 10.3 Å². The van der Waals surface area contributed by atoms with Crippen LogP contribution in [0.3, 0.4) is 0 Å². The molecule has 1 fully saturated rings. The Labute approximate surface area is 114 Å². The number of pyridine rings is 1. The van der Waals surface area contributed by atoms with Crippen LogP contribution in [-0.2, 0) is 6.54 Å². The molecule has 2 aromatic rings. The van der Waals surface area contributed by atoms with Gasteiger partial charge in [-0.2, -0.15) is 0 Å². The largest absolute Gasteiger partial charge is 0.367 e. The van der Waals surface area contributed by atoms with E-state index < -0.39 is 0 Å². The lowest BCUT2D eigenvalue weighted by Gasteiger charge is -2.11. The molecule has 3 nitrogen and oxygen atoms in total. The summed E-state index contributed by atoms with van der Waals surface area (Å²) in [6, 6.07) is 11.3. The maximum atomic E-state index is 4.78. The first-order chi connectivity index (χ1) is 9.36. The summed E-state index contributed by atoms with van der Waals surface area (Å²) in [5.41, 5.74) is 1.12. The molecule has 2 N–H and O–H groups in total. The molecule has 0 amide bonds. The van der Waals surface area contributed by atoms with Crippen LogP contribution < -0.4 is 10.6 Å². The van der Waals surface area contributed by atoms with Gasteiger partial charge in [-0.15, -0.1) is 0 Å². The van der Waals surface area contributed by atoms with E-state index >= 15 is 0 Å². The van der Waals surface area contributed by atoms with E-state index in [1.54, 1.807) is 0 Å². The molecule has 1 aliphatic carbocycles. The highest BCUT2D eigenvalue weighted by atomic mass is 15.0. The van der Waals surface area contributed by atoms with Crippen molar-refractivity contribution in [3.63, 3.8) is 0 Å². The van der Waals surface area contributed by atoms with Gasteiger partial charge in [-0.1, -0.05) is 31.2 Å². The molecule has 1 saturated carbocycles. The van der Waals surface area contributed by atoms with Crippen molar-refractivity contribution < 1.29 is 0 Å². The minimum atomic E-state index is 0.634. The number of hydrogen-bond acceptors (Lipinski definition) is 3. The number of nitrogens with zero attached hydrogens (tertiary/aromatic N) is 1. The molecule has 19 heavy (non-hydrogen) atoms. The molecule has 0 saturated heterocycles. The number of anilines is 1. The van der Waals surface area contributed by atoms with Crippen molar-refractivity contribution in [1.29, 1.82) is 0 Å². The number of aromatic nitrogens is 1. The summed E-state index contributed by atoms with van der Waals surface area (Å²) in [6.45, 7) is 4.07. The van der Waals surface area contributed by atoms with E-state index in [0.717, 1.165) is 31.0 Å². The zero-order valence-corrected chi connectivity index (χ0v) is 11.4. The number of rotatable bonds is 6. The van der Waals surface area contributed by atoms with Gasteiger partial charge in [-0.3, -0.25) is 0 Å². The summed E-state index contributed by atoms with van der Waals surface area (Å²) >= 11 is 0. The topological polar surface area (TPSA) is 37.0 Å². The Kier molecular flexibility index (Phi) is 3.65. The number of benzene rings is 1. The first-order valence-electron chi connectivity index (χ1n) is 7.22. The summed E-state index contributed by atoms with van der Waals surface area (Å²) in [5, 5.41) is 9.48. The van der Waals surface area contributed by atoms with Crippen molar-refractivity contribution in [3.8, 4) is 0 Å². The fourth-order valence-corrected chi connectivity index (χ4v) is 2.27. The Hall–Kier alpha value is -1.61. The predicted molar refractivity (Wildman–Crippen MR) is 80.4 cm³/mol. The molecule has 1 aromatic carbocycles. The van der Waals surface area contributed by atoms with E-state index in [9.17, 15) is 0 Å². The maximum absolute atomic E-state index is 4.78. The summed E-state index contributed by atoms with van der Waals surface area (Å²) in [5.74, 6) is 1.05. The zero-order valence-electron chi connectivity index (χ0n) is 11.4. The molecule has 1 heterocycles. The minimum Gasteiger partial charge on any atom is -0.367 e. The highest BCUT2D eigenvalue weighted by Crippen LogP contribution is 2.28. The van der Waals surface area contributed by atoms with E-state index in [-0.39, 0.29) is 0 Å². The average Bonchev–Trinajstić information content (AvgIpc) is 3.23. The van der Waals surface area contributed by atoms with Crippen LogP contribution in [0.1, 0.15) is 31.9 Å². The molecule has 3 heteroatoms. The normalized spacial score (nSPS) is 14.8. The summed E-state index contributed by atoms with van der Waals surface area (Å²) < 4.78 is 0. The third kappa shape index (κ3) is 3.04. The van der Waals surface area contributed by atoms with Gasteiger partial charge in [-0.25, -0.2) is 4.98 Å². The smallest absolute Gasteiger partial charge is 0.134 e. The Morgan fingerprint density at radius 1 is 1.26 bits per heavy atom. The minimum absolute atomic E-state index is 0.634. The molecule has 0 bridgehead atoms. The molecular weight excluding hydrogens is 234 g/mol. The van der Waals surface area contributed by atoms with Crippen LogP contribution in [0, 0.1) is 0 Å². The number of hydrogen-bond donors (Lipinski definition) is 2. The Morgan fingerprint density at radius 3 is 2.89 bits per heavy atom. The first kappa shape index (κ1) is 12.4. The molecular formula is C16H21N3. The van der Waals surface area contributed by atoms with Crippen molar-refractivity contribution in [2.75, 3.05) is 11.9 Å². The fraction of sp³-hybridized carbons (Fsp3) is 0.438. The maximum Gasteiger partial charge on any atom is 0.134 e. The molecule has 0 radical (unpaired) electrons. The number of nitrogens with one attached hydrogen (secondary N) is 2. The Morgan fingerprint density at radius 2 is 2.11 bits per heavy atom. The molecule has 0 unspecified atom stereocenters. The Bertz CT molecular complexity index is 561. The lowest BCUT2D eigenvalue weighted by Crippen LogP contribution is -2.15. The second-order valence-corrected chi connectivity index (χ2v) is 5.28. The van der Waals surface area contributed by atoms with Crippen molar-refractivity contribution in [2.24, 2.45) is 0 Å². The molecule has 0 aliphatic heterocycles. The van der Waals surface area contributed by atoms with E-state index in [1.165, 1.54) is 23.6 Å². The van der Waals surface area contributed by atoms with Gasteiger partial charge in [0.05, 0.1) is 5.69 Å². The van der Waals surface area contributed by atoms with Gasteiger partial charge >= 0.3 is 0 Å². The zero-order chi connectivity index (χ0) is 13.1. The van der Waals surface area contributed by atoms with Gasteiger partial charge in [0, 0.05) is 18.0 Å². The van der Waals surface area contributed by atoms with Crippen LogP contribution in [0.15, 0.2) is 30.3 Å². The first-order valence-corrected chi connectivity index (χ1v) is 7.22. The van der Waals surface area contributed by atoms with Gasteiger partial charge in [0.2, 0.25) is 0 Å². The predicted octanol–water partition coefficient (Wildman–Crippen LogP) is 3.31. The van der Waals surface area contributed by atoms with Crippen molar-refractivity contribution >= 4 is 16.6 Å². The van der Waals surface area contributed by atoms with Crippen LogP contribution in [-0.4, -0.2) is 17.6 Å². The van der Waals surface area contributed by atoms with E-state index in [0.29, 0.717) is 6.04 Å². The van der Waals surface area contributed by atoms with Crippen LogP contribution in [0.5, 0.6) is 0 Å².